The molecule has 0 amide bonds. The molecule has 0 aliphatic carbocycles. The summed E-state index contributed by atoms with van der Waals surface area (Å²) in [7, 11) is 0. The molecule has 0 spiro atoms. The predicted molar refractivity (Wildman–Crippen MR) is 59.3 cm³/mol. The second-order valence-electron chi connectivity index (χ2n) is 3.28. The van der Waals surface area contributed by atoms with Crippen LogP contribution < -0.4 is 0 Å². The van der Waals surface area contributed by atoms with Crippen molar-refractivity contribution in [2.45, 2.75) is 26.2 Å². The zero-order valence-electron chi connectivity index (χ0n) is 10.1. The van der Waals surface area contributed by atoms with Gasteiger partial charge in [-0.1, -0.05) is 6.92 Å². The lowest BCUT2D eigenvalue weighted by Crippen LogP contribution is -2.14. The lowest BCUT2D eigenvalue weighted by Gasteiger charge is -2.05. The SMILES string of the molecule is CCCOCCOC(=O)CCC(=O)OCCO. The molecule has 1 N–H and O–H groups in total. The Balaban J connectivity index is 3.36. The largest absolute Gasteiger partial charge is 0.463 e. The average molecular weight is 248 g/mol. The molecule has 0 aromatic heterocycles. The number of hydrogen-bond donors (Lipinski definition) is 1. The lowest BCUT2D eigenvalue weighted by atomic mass is 10.3. The van der Waals surface area contributed by atoms with Gasteiger partial charge in [-0.2, -0.15) is 0 Å². The van der Waals surface area contributed by atoms with Crippen LogP contribution in [0.3, 0.4) is 0 Å². The molecule has 0 unspecified atom stereocenters. The van der Waals surface area contributed by atoms with Gasteiger partial charge in [0.15, 0.2) is 0 Å². The molecular weight excluding hydrogens is 228 g/mol. The van der Waals surface area contributed by atoms with E-state index in [4.69, 9.17) is 14.6 Å². The van der Waals surface area contributed by atoms with Gasteiger partial charge in [0.2, 0.25) is 0 Å². The molecule has 0 fully saturated rings. The van der Waals surface area contributed by atoms with Crippen LogP contribution in [0.4, 0.5) is 0 Å². The second-order valence-corrected chi connectivity index (χ2v) is 3.28. The van der Waals surface area contributed by atoms with E-state index in [1.807, 2.05) is 6.92 Å². The van der Waals surface area contributed by atoms with Crippen LogP contribution in [0.15, 0.2) is 0 Å². The number of aliphatic hydroxyl groups excluding tert-OH is 1. The Kier molecular flexibility index (Phi) is 10.6. The highest BCUT2D eigenvalue weighted by Crippen LogP contribution is 1.96. The number of aliphatic hydroxyl groups is 1. The molecule has 0 aromatic rings. The number of rotatable bonds is 10. The minimum atomic E-state index is -0.516. The summed E-state index contributed by atoms with van der Waals surface area (Å²) in [5.41, 5.74) is 0. The van der Waals surface area contributed by atoms with Crippen LogP contribution in [0.5, 0.6) is 0 Å². The Morgan fingerprint density at radius 3 is 2.06 bits per heavy atom. The number of carbonyl (C=O) groups is 2. The summed E-state index contributed by atoms with van der Waals surface area (Å²) < 4.78 is 14.5. The van der Waals surface area contributed by atoms with Gasteiger partial charge >= 0.3 is 11.9 Å². The van der Waals surface area contributed by atoms with E-state index in [0.29, 0.717) is 13.2 Å². The lowest BCUT2D eigenvalue weighted by molar-refractivity contribution is -0.151. The maximum atomic E-state index is 11.1. The van der Waals surface area contributed by atoms with Crippen molar-refractivity contribution in [1.82, 2.24) is 0 Å². The molecular formula is C11H20O6. The first-order chi connectivity index (χ1) is 8.20. The van der Waals surface area contributed by atoms with Crippen LogP contribution in [0.2, 0.25) is 0 Å². The standard InChI is InChI=1S/C11H20O6/c1-2-6-15-8-9-17-11(14)4-3-10(13)16-7-5-12/h12H,2-9H2,1H3. The molecule has 100 valence electrons. The quantitative estimate of drug-likeness (QED) is 0.441. The Morgan fingerprint density at radius 1 is 0.941 bits per heavy atom. The first kappa shape index (κ1) is 15.9. The van der Waals surface area contributed by atoms with Crippen LogP contribution in [-0.4, -0.2) is 50.1 Å². The van der Waals surface area contributed by atoms with E-state index in [1.165, 1.54) is 0 Å². The molecule has 17 heavy (non-hydrogen) atoms. The average Bonchev–Trinajstić information content (AvgIpc) is 2.33. The van der Waals surface area contributed by atoms with Crippen molar-refractivity contribution in [2.24, 2.45) is 0 Å². The summed E-state index contributed by atoms with van der Waals surface area (Å²) in [6.07, 6.45) is 0.872. The monoisotopic (exact) mass is 248 g/mol. The Hall–Kier alpha value is -1.14. The van der Waals surface area contributed by atoms with Gasteiger partial charge in [0.25, 0.3) is 0 Å². The summed E-state index contributed by atoms with van der Waals surface area (Å²) >= 11 is 0. The van der Waals surface area contributed by atoms with E-state index in [2.05, 4.69) is 4.74 Å². The Labute approximate surface area is 101 Å². The molecule has 0 saturated heterocycles. The summed E-state index contributed by atoms with van der Waals surface area (Å²) in [5, 5.41) is 8.40. The molecule has 0 radical (unpaired) electrons. The van der Waals surface area contributed by atoms with Crippen LogP contribution in [0.25, 0.3) is 0 Å². The number of carbonyl (C=O) groups excluding carboxylic acids is 2. The van der Waals surface area contributed by atoms with Crippen molar-refractivity contribution < 1.29 is 28.9 Å². The topological polar surface area (TPSA) is 82.1 Å². The van der Waals surface area contributed by atoms with Crippen LogP contribution in [0.1, 0.15) is 26.2 Å². The van der Waals surface area contributed by atoms with Gasteiger partial charge in [-0.3, -0.25) is 9.59 Å². The number of hydrogen-bond acceptors (Lipinski definition) is 6. The molecule has 0 aliphatic rings. The zero-order chi connectivity index (χ0) is 12.9. The van der Waals surface area contributed by atoms with Gasteiger partial charge in [-0.15, -0.1) is 0 Å². The summed E-state index contributed by atoms with van der Waals surface area (Å²) in [6.45, 7) is 2.94. The van der Waals surface area contributed by atoms with Gasteiger partial charge in [0.05, 0.1) is 26.1 Å². The molecule has 0 heterocycles. The molecule has 0 bridgehead atoms. The van der Waals surface area contributed by atoms with Crippen LogP contribution in [0, 0.1) is 0 Å². The highest BCUT2D eigenvalue weighted by Gasteiger charge is 2.08. The molecule has 0 rings (SSSR count). The van der Waals surface area contributed by atoms with E-state index in [-0.39, 0.29) is 32.7 Å². The van der Waals surface area contributed by atoms with Crippen LogP contribution >= 0.6 is 0 Å². The van der Waals surface area contributed by atoms with E-state index in [1.54, 1.807) is 0 Å². The van der Waals surface area contributed by atoms with E-state index >= 15 is 0 Å². The fraction of sp³-hybridized carbons (Fsp3) is 0.818. The Bertz CT molecular complexity index is 216. The third kappa shape index (κ3) is 11.1. The highest BCUT2D eigenvalue weighted by molar-refractivity contribution is 5.77. The number of ether oxygens (including phenoxy) is 3. The van der Waals surface area contributed by atoms with Gasteiger partial charge < -0.3 is 19.3 Å². The first-order valence-electron chi connectivity index (χ1n) is 5.70. The molecule has 6 nitrogen and oxygen atoms in total. The van der Waals surface area contributed by atoms with Crippen molar-refractivity contribution in [1.29, 1.82) is 0 Å². The third-order valence-electron chi connectivity index (χ3n) is 1.73. The van der Waals surface area contributed by atoms with Crippen LogP contribution in [-0.2, 0) is 23.8 Å². The van der Waals surface area contributed by atoms with Crippen molar-refractivity contribution >= 4 is 11.9 Å². The van der Waals surface area contributed by atoms with Gasteiger partial charge in [0.1, 0.15) is 13.2 Å². The molecule has 0 atom stereocenters. The predicted octanol–water partition coefficient (Wildman–Crippen LogP) is 0.272. The minimum absolute atomic E-state index is 0.0158. The van der Waals surface area contributed by atoms with E-state index in [0.717, 1.165) is 6.42 Å². The van der Waals surface area contributed by atoms with Gasteiger partial charge in [0, 0.05) is 6.61 Å². The smallest absolute Gasteiger partial charge is 0.306 e. The van der Waals surface area contributed by atoms with Crippen molar-refractivity contribution in [3.8, 4) is 0 Å². The maximum Gasteiger partial charge on any atom is 0.306 e. The maximum absolute atomic E-state index is 11.1. The summed E-state index contributed by atoms with van der Waals surface area (Å²) in [4.78, 5) is 22.1. The molecule has 0 aliphatic heterocycles. The molecule has 0 aromatic carbocycles. The fourth-order valence-electron chi connectivity index (χ4n) is 0.969. The molecule has 6 heteroatoms. The van der Waals surface area contributed by atoms with Crippen molar-refractivity contribution in [2.75, 3.05) is 33.0 Å². The third-order valence-corrected chi connectivity index (χ3v) is 1.73. The second kappa shape index (κ2) is 11.3. The summed E-state index contributed by atoms with van der Waals surface area (Å²) in [5.74, 6) is -0.968. The van der Waals surface area contributed by atoms with E-state index < -0.39 is 11.9 Å². The highest BCUT2D eigenvalue weighted by atomic mass is 16.6. The molecule has 0 saturated carbocycles. The zero-order valence-corrected chi connectivity index (χ0v) is 10.1. The number of esters is 2. The normalized spacial score (nSPS) is 10.0. The first-order valence-corrected chi connectivity index (χ1v) is 5.70. The summed E-state index contributed by atoms with van der Waals surface area (Å²) in [6, 6.07) is 0. The van der Waals surface area contributed by atoms with Crippen molar-refractivity contribution in [3.05, 3.63) is 0 Å². The fourth-order valence-corrected chi connectivity index (χ4v) is 0.969. The van der Waals surface area contributed by atoms with Gasteiger partial charge in [-0.25, -0.2) is 0 Å². The van der Waals surface area contributed by atoms with E-state index in [9.17, 15) is 9.59 Å². The van der Waals surface area contributed by atoms with Crippen molar-refractivity contribution in [3.63, 3.8) is 0 Å². The minimum Gasteiger partial charge on any atom is -0.463 e. The van der Waals surface area contributed by atoms with Gasteiger partial charge in [-0.05, 0) is 6.42 Å². The Morgan fingerprint density at radius 2 is 1.53 bits per heavy atom.